The summed E-state index contributed by atoms with van der Waals surface area (Å²) in [7, 11) is 0. The van der Waals surface area contributed by atoms with Gasteiger partial charge in [-0.25, -0.2) is 0 Å². The van der Waals surface area contributed by atoms with Crippen LogP contribution < -0.4 is 0 Å². The number of nitrogens with zero attached hydrogens (tertiary/aromatic N) is 3. The molecule has 0 amide bonds. The van der Waals surface area contributed by atoms with Crippen molar-refractivity contribution in [2.24, 2.45) is 0 Å². The van der Waals surface area contributed by atoms with E-state index in [2.05, 4.69) is 43.7 Å². The first-order chi connectivity index (χ1) is 15.2. The van der Waals surface area contributed by atoms with Gasteiger partial charge in [0.2, 0.25) is 0 Å². The van der Waals surface area contributed by atoms with Crippen molar-refractivity contribution >= 4 is 5.57 Å². The predicted molar refractivity (Wildman–Crippen MR) is 133 cm³/mol. The molecule has 0 spiro atoms. The summed E-state index contributed by atoms with van der Waals surface area (Å²) in [6.07, 6.45) is 2.61. The molecular formula is C28H37N3. The Morgan fingerprint density at radius 3 is 1.94 bits per heavy atom. The Balaban J connectivity index is 0.00000113. The van der Waals surface area contributed by atoms with Crippen LogP contribution in [0.4, 0.5) is 0 Å². The van der Waals surface area contributed by atoms with E-state index < -0.39 is 0 Å². The van der Waals surface area contributed by atoms with E-state index in [4.69, 9.17) is 0 Å². The Kier molecular flexibility index (Phi) is 11.7. The number of benzene rings is 2. The van der Waals surface area contributed by atoms with Crippen LogP contribution >= 0.6 is 0 Å². The van der Waals surface area contributed by atoms with E-state index in [1.54, 1.807) is 0 Å². The van der Waals surface area contributed by atoms with Crippen molar-refractivity contribution in [3.63, 3.8) is 0 Å². The molecule has 1 aromatic heterocycles. The van der Waals surface area contributed by atoms with Crippen LogP contribution in [-0.2, 0) is 6.54 Å². The summed E-state index contributed by atoms with van der Waals surface area (Å²) in [6, 6.07) is 22.9. The van der Waals surface area contributed by atoms with E-state index in [9.17, 15) is 5.26 Å². The molecule has 0 fully saturated rings. The molecule has 2 atom stereocenters. The van der Waals surface area contributed by atoms with Crippen LogP contribution in [0.25, 0.3) is 5.57 Å². The highest BCUT2D eigenvalue weighted by molar-refractivity contribution is 5.66. The summed E-state index contributed by atoms with van der Waals surface area (Å²) in [5.41, 5.74) is 5.44. The minimum atomic E-state index is -0.230. The number of allylic oxidation sites excluding steroid dienone is 1. The SMILES string of the molecule is C=C(CC(c1ccccc1)C(C#N)c1ccccc1)c1cnn(CC)c1C.CC.CC. The molecule has 0 N–H and O–H groups in total. The molecule has 1 heterocycles. The van der Waals surface area contributed by atoms with Crippen molar-refractivity contribution in [3.05, 3.63) is 95.8 Å². The minimum Gasteiger partial charge on any atom is -0.270 e. The van der Waals surface area contributed by atoms with Crippen molar-refractivity contribution in [1.82, 2.24) is 9.78 Å². The van der Waals surface area contributed by atoms with Gasteiger partial charge in [0.05, 0.1) is 18.2 Å². The van der Waals surface area contributed by atoms with Gasteiger partial charge in [-0.05, 0) is 37.0 Å². The van der Waals surface area contributed by atoms with Crippen LogP contribution in [0, 0.1) is 18.3 Å². The van der Waals surface area contributed by atoms with Crippen molar-refractivity contribution in [2.75, 3.05) is 0 Å². The molecule has 3 rings (SSSR count). The molecule has 3 aromatic rings. The average Bonchev–Trinajstić information content (AvgIpc) is 3.23. The van der Waals surface area contributed by atoms with Crippen LogP contribution in [0.1, 0.15) is 75.3 Å². The van der Waals surface area contributed by atoms with Crippen LogP contribution in [0.5, 0.6) is 0 Å². The van der Waals surface area contributed by atoms with Gasteiger partial charge in [0.1, 0.15) is 0 Å². The van der Waals surface area contributed by atoms with Crippen LogP contribution in [0.15, 0.2) is 73.4 Å². The second-order valence-electron chi connectivity index (χ2n) is 6.80. The van der Waals surface area contributed by atoms with Gasteiger partial charge in [0, 0.05) is 23.7 Å². The van der Waals surface area contributed by atoms with E-state index in [1.165, 1.54) is 0 Å². The molecule has 31 heavy (non-hydrogen) atoms. The number of rotatable bonds is 7. The second-order valence-corrected chi connectivity index (χ2v) is 6.80. The summed E-state index contributed by atoms with van der Waals surface area (Å²) < 4.78 is 1.98. The number of aryl methyl sites for hydroxylation is 1. The molecule has 0 radical (unpaired) electrons. The Hall–Kier alpha value is -3.12. The van der Waals surface area contributed by atoms with E-state index in [1.807, 2.05) is 87.1 Å². The molecule has 0 bridgehead atoms. The van der Waals surface area contributed by atoms with Gasteiger partial charge in [-0.2, -0.15) is 10.4 Å². The average molecular weight is 416 g/mol. The molecule has 0 aliphatic heterocycles. The molecule has 3 nitrogen and oxygen atoms in total. The van der Waals surface area contributed by atoms with Gasteiger partial charge in [0.15, 0.2) is 0 Å². The van der Waals surface area contributed by atoms with Crippen LogP contribution in [0.3, 0.4) is 0 Å². The fourth-order valence-corrected chi connectivity index (χ4v) is 3.67. The minimum absolute atomic E-state index is 0.0375. The lowest BCUT2D eigenvalue weighted by molar-refractivity contribution is 0.636. The third kappa shape index (κ3) is 6.69. The largest absolute Gasteiger partial charge is 0.270 e. The van der Waals surface area contributed by atoms with E-state index in [0.29, 0.717) is 6.42 Å². The van der Waals surface area contributed by atoms with Crippen molar-refractivity contribution in [2.45, 2.75) is 66.3 Å². The molecule has 0 saturated heterocycles. The van der Waals surface area contributed by atoms with Gasteiger partial charge >= 0.3 is 0 Å². The lowest BCUT2D eigenvalue weighted by Gasteiger charge is -2.24. The Morgan fingerprint density at radius 1 is 0.968 bits per heavy atom. The number of nitriles is 1. The normalized spacial score (nSPS) is 11.6. The third-order valence-corrected chi connectivity index (χ3v) is 5.18. The predicted octanol–water partition coefficient (Wildman–Crippen LogP) is 7.76. The zero-order chi connectivity index (χ0) is 23.2. The Morgan fingerprint density at radius 2 is 1.48 bits per heavy atom. The smallest absolute Gasteiger partial charge is 0.0784 e. The number of aromatic nitrogens is 2. The van der Waals surface area contributed by atoms with Crippen LogP contribution in [-0.4, -0.2) is 9.78 Å². The van der Waals surface area contributed by atoms with E-state index >= 15 is 0 Å². The van der Waals surface area contributed by atoms with Gasteiger partial charge < -0.3 is 0 Å². The van der Waals surface area contributed by atoms with Crippen molar-refractivity contribution < 1.29 is 0 Å². The zero-order valence-corrected chi connectivity index (χ0v) is 20.0. The summed E-state index contributed by atoms with van der Waals surface area (Å²) in [5.74, 6) is -0.192. The quantitative estimate of drug-likeness (QED) is 0.395. The first-order valence-electron chi connectivity index (χ1n) is 11.4. The molecule has 0 aliphatic rings. The summed E-state index contributed by atoms with van der Waals surface area (Å²) in [6.45, 7) is 17.3. The van der Waals surface area contributed by atoms with Crippen LogP contribution in [0.2, 0.25) is 0 Å². The molecule has 3 heteroatoms. The van der Waals surface area contributed by atoms with E-state index in [0.717, 1.165) is 34.5 Å². The highest BCUT2D eigenvalue weighted by atomic mass is 15.3. The lowest BCUT2D eigenvalue weighted by Crippen LogP contribution is -2.11. The summed E-state index contributed by atoms with van der Waals surface area (Å²) in [5, 5.41) is 14.4. The molecule has 2 aromatic carbocycles. The summed E-state index contributed by atoms with van der Waals surface area (Å²) >= 11 is 0. The number of hydrogen-bond donors (Lipinski definition) is 0. The Bertz CT molecular complexity index is 933. The maximum absolute atomic E-state index is 10.00. The van der Waals surface area contributed by atoms with Crippen molar-refractivity contribution in [3.8, 4) is 6.07 Å². The first-order valence-corrected chi connectivity index (χ1v) is 11.4. The molecule has 2 unspecified atom stereocenters. The number of hydrogen-bond acceptors (Lipinski definition) is 2. The molecule has 164 valence electrons. The van der Waals surface area contributed by atoms with Crippen molar-refractivity contribution in [1.29, 1.82) is 5.26 Å². The Labute approximate surface area is 189 Å². The van der Waals surface area contributed by atoms with Gasteiger partial charge in [-0.15, -0.1) is 0 Å². The first kappa shape index (κ1) is 25.9. The highest BCUT2D eigenvalue weighted by Gasteiger charge is 2.26. The standard InChI is InChI=1S/C24H25N3.2C2H6/c1-4-27-19(3)24(17-26-27)18(2)15-22(20-11-7-5-8-12-20)23(16-25)21-13-9-6-10-14-21;2*1-2/h5-14,17,22-23H,2,4,15H2,1,3H3;2*1-2H3. The van der Waals surface area contributed by atoms with Gasteiger partial charge in [-0.1, -0.05) is 94.9 Å². The topological polar surface area (TPSA) is 41.6 Å². The van der Waals surface area contributed by atoms with E-state index in [-0.39, 0.29) is 11.8 Å². The fourth-order valence-electron chi connectivity index (χ4n) is 3.67. The fraction of sp³-hybridized carbons (Fsp3) is 0.357. The molecule has 0 saturated carbocycles. The summed E-state index contributed by atoms with van der Waals surface area (Å²) in [4.78, 5) is 0. The maximum Gasteiger partial charge on any atom is 0.0784 e. The zero-order valence-electron chi connectivity index (χ0n) is 20.0. The third-order valence-electron chi connectivity index (χ3n) is 5.18. The second kappa shape index (κ2) is 14.0. The van der Waals surface area contributed by atoms with Gasteiger partial charge in [0.25, 0.3) is 0 Å². The monoisotopic (exact) mass is 415 g/mol. The highest BCUT2D eigenvalue weighted by Crippen LogP contribution is 2.39. The molecule has 0 aliphatic carbocycles. The lowest BCUT2D eigenvalue weighted by atomic mass is 9.78. The van der Waals surface area contributed by atoms with Gasteiger partial charge in [-0.3, -0.25) is 4.68 Å². The maximum atomic E-state index is 10.00. The molecular weight excluding hydrogens is 378 g/mol.